The molecule has 0 unspecified atom stereocenters. The Balaban J connectivity index is 2.06. The molecular formula is C13H9NO5. The van der Waals surface area contributed by atoms with Crippen LogP contribution in [0.4, 0.5) is 0 Å². The molecule has 2 aromatic rings. The van der Waals surface area contributed by atoms with Crippen LogP contribution in [-0.4, -0.2) is 30.6 Å². The molecule has 0 saturated carbocycles. The average molecular weight is 259 g/mol. The summed E-state index contributed by atoms with van der Waals surface area (Å²) in [6.07, 6.45) is 1.61. The minimum absolute atomic E-state index is 0.194. The van der Waals surface area contributed by atoms with Crippen molar-refractivity contribution < 1.29 is 23.5 Å². The zero-order valence-electron chi connectivity index (χ0n) is 10.0. The molecule has 6 nitrogen and oxygen atoms in total. The molecule has 3 rings (SSSR count). The number of carbonyl (C=O) groups is 2. The van der Waals surface area contributed by atoms with Crippen LogP contribution in [0.5, 0.6) is 0 Å². The molecule has 0 amide bonds. The number of methoxy groups -OCH3 is 1. The third-order valence-corrected chi connectivity index (χ3v) is 2.76. The third-order valence-electron chi connectivity index (χ3n) is 2.76. The second kappa shape index (κ2) is 4.24. The van der Waals surface area contributed by atoms with Gasteiger partial charge in [0.05, 0.1) is 12.7 Å². The molecule has 1 aromatic carbocycles. The predicted molar refractivity (Wildman–Crippen MR) is 64.3 cm³/mol. The number of carbonyl (C=O) groups excluding carboxylic acids is 2. The smallest absolute Gasteiger partial charge is 0.343 e. The van der Waals surface area contributed by atoms with Crippen molar-refractivity contribution in [3.63, 3.8) is 0 Å². The van der Waals surface area contributed by atoms with Crippen molar-refractivity contribution >= 4 is 28.6 Å². The van der Waals surface area contributed by atoms with Gasteiger partial charge in [0.25, 0.3) is 0 Å². The number of aromatic nitrogens is 1. The van der Waals surface area contributed by atoms with E-state index in [0.29, 0.717) is 22.2 Å². The fourth-order valence-electron chi connectivity index (χ4n) is 1.82. The standard InChI is InChI=1S/C13H9NO5/c1-17-12(15)7-2-3-10-9(6-7)14-11(19-10)8-4-5-18-13(8)16/h2-4,6H,5H2,1H3. The highest BCUT2D eigenvalue weighted by Gasteiger charge is 2.23. The molecule has 1 aromatic heterocycles. The molecule has 1 aliphatic heterocycles. The zero-order valence-corrected chi connectivity index (χ0v) is 10.0. The van der Waals surface area contributed by atoms with E-state index in [4.69, 9.17) is 9.15 Å². The van der Waals surface area contributed by atoms with Crippen molar-refractivity contribution in [3.8, 4) is 0 Å². The second-order valence-corrected chi connectivity index (χ2v) is 3.91. The van der Waals surface area contributed by atoms with E-state index in [2.05, 4.69) is 9.72 Å². The van der Waals surface area contributed by atoms with Crippen LogP contribution in [0, 0.1) is 0 Å². The number of hydrogen-bond acceptors (Lipinski definition) is 6. The number of cyclic esters (lactones) is 1. The number of ether oxygens (including phenoxy) is 2. The minimum atomic E-state index is -0.459. The van der Waals surface area contributed by atoms with Gasteiger partial charge >= 0.3 is 11.9 Å². The van der Waals surface area contributed by atoms with Crippen LogP contribution in [-0.2, 0) is 14.3 Å². The van der Waals surface area contributed by atoms with Gasteiger partial charge in [0.2, 0.25) is 5.89 Å². The van der Waals surface area contributed by atoms with E-state index in [-0.39, 0.29) is 12.5 Å². The largest absolute Gasteiger partial charge is 0.465 e. The summed E-state index contributed by atoms with van der Waals surface area (Å²) in [5, 5.41) is 0. The van der Waals surface area contributed by atoms with E-state index in [9.17, 15) is 9.59 Å². The van der Waals surface area contributed by atoms with Crippen LogP contribution >= 0.6 is 0 Å². The topological polar surface area (TPSA) is 78.6 Å². The Morgan fingerprint density at radius 3 is 2.95 bits per heavy atom. The van der Waals surface area contributed by atoms with Crippen molar-refractivity contribution in [2.24, 2.45) is 0 Å². The summed E-state index contributed by atoms with van der Waals surface area (Å²) in [6.45, 7) is 0.223. The Morgan fingerprint density at radius 2 is 2.26 bits per heavy atom. The number of esters is 2. The first-order valence-corrected chi connectivity index (χ1v) is 5.55. The summed E-state index contributed by atoms with van der Waals surface area (Å²) < 4.78 is 14.9. The Bertz CT molecular complexity index is 713. The first-order valence-electron chi connectivity index (χ1n) is 5.55. The maximum atomic E-state index is 11.4. The van der Waals surface area contributed by atoms with Crippen molar-refractivity contribution in [1.29, 1.82) is 0 Å². The molecule has 6 heteroatoms. The number of rotatable bonds is 2. The molecule has 0 atom stereocenters. The fraction of sp³-hybridized carbons (Fsp3) is 0.154. The Hall–Kier alpha value is -2.63. The van der Waals surface area contributed by atoms with E-state index >= 15 is 0 Å². The minimum Gasteiger partial charge on any atom is -0.465 e. The van der Waals surface area contributed by atoms with Crippen LogP contribution in [0.15, 0.2) is 28.7 Å². The van der Waals surface area contributed by atoms with Gasteiger partial charge in [0.1, 0.15) is 17.7 Å². The fourth-order valence-corrected chi connectivity index (χ4v) is 1.82. The summed E-state index contributed by atoms with van der Waals surface area (Å²) in [7, 11) is 1.31. The lowest BCUT2D eigenvalue weighted by atomic mass is 10.2. The van der Waals surface area contributed by atoms with Gasteiger partial charge in [-0.1, -0.05) is 0 Å². The summed E-state index contributed by atoms with van der Waals surface area (Å²) in [5.41, 5.74) is 1.65. The maximum absolute atomic E-state index is 11.4. The molecule has 0 radical (unpaired) electrons. The molecule has 0 bridgehead atoms. The summed E-state index contributed by atoms with van der Waals surface area (Å²) >= 11 is 0. The van der Waals surface area contributed by atoms with Gasteiger partial charge < -0.3 is 13.9 Å². The number of oxazole rings is 1. The molecule has 96 valence electrons. The predicted octanol–water partition coefficient (Wildman–Crippen LogP) is 1.55. The van der Waals surface area contributed by atoms with Crippen molar-refractivity contribution in [3.05, 3.63) is 35.7 Å². The van der Waals surface area contributed by atoms with Gasteiger partial charge in [0, 0.05) is 0 Å². The van der Waals surface area contributed by atoms with Gasteiger partial charge in [-0.2, -0.15) is 0 Å². The molecule has 19 heavy (non-hydrogen) atoms. The number of nitrogens with zero attached hydrogens (tertiary/aromatic N) is 1. The lowest BCUT2D eigenvalue weighted by Gasteiger charge is -1.96. The summed E-state index contributed by atoms with van der Waals surface area (Å²) in [5.74, 6) is -0.717. The van der Waals surface area contributed by atoms with Gasteiger partial charge in [-0.3, -0.25) is 0 Å². The molecule has 0 fully saturated rings. The highest BCUT2D eigenvalue weighted by molar-refractivity contribution is 6.17. The van der Waals surface area contributed by atoms with Gasteiger partial charge in [-0.15, -0.1) is 0 Å². The lowest BCUT2D eigenvalue weighted by molar-refractivity contribution is -0.134. The molecule has 0 N–H and O–H groups in total. The van der Waals surface area contributed by atoms with Gasteiger partial charge in [-0.05, 0) is 24.3 Å². The van der Waals surface area contributed by atoms with E-state index in [1.807, 2.05) is 0 Å². The Morgan fingerprint density at radius 1 is 1.42 bits per heavy atom. The van der Waals surface area contributed by atoms with Crippen LogP contribution in [0.2, 0.25) is 0 Å². The maximum Gasteiger partial charge on any atom is 0.343 e. The molecule has 2 heterocycles. The van der Waals surface area contributed by atoms with Crippen molar-refractivity contribution in [2.75, 3.05) is 13.7 Å². The highest BCUT2D eigenvalue weighted by Crippen LogP contribution is 2.25. The van der Waals surface area contributed by atoms with E-state index in [1.165, 1.54) is 7.11 Å². The van der Waals surface area contributed by atoms with Crippen LogP contribution in [0.3, 0.4) is 0 Å². The average Bonchev–Trinajstić information content (AvgIpc) is 3.02. The van der Waals surface area contributed by atoms with E-state index in [0.717, 1.165) is 0 Å². The number of benzene rings is 1. The highest BCUT2D eigenvalue weighted by atomic mass is 16.5. The van der Waals surface area contributed by atoms with E-state index < -0.39 is 11.9 Å². The normalized spacial score (nSPS) is 14.4. The van der Waals surface area contributed by atoms with Crippen molar-refractivity contribution in [1.82, 2.24) is 4.98 Å². The SMILES string of the molecule is COC(=O)c1ccc2oc(C3=CCOC3=O)nc2c1. The van der Waals surface area contributed by atoms with Gasteiger partial charge in [0.15, 0.2) is 5.58 Å². The summed E-state index contributed by atoms with van der Waals surface area (Å²) in [4.78, 5) is 27.0. The zero-order chi connectivity index (χ0) is 13.4. The molecule has 0 aliphatic carbocycles. The molecule has 1 aliphatic rings. The third kappa shape index (κ3) is 1.87. The van der Waals surface area contributed by atoms with Crippen LogP contribution < -0.4 is 0 Å². The summed E-state index contributed by atoms with van der Waals surface area (Å²) in [6, 6.07) is 4.73. The molecule has 0 spiro atoms. The second-order valence-electron chi connectivity index (χ2n) is 3.91. The molecular weight excluding hydrogens is 250 g/mol. The van der Waals surface area contributed by atoms with Gasteiger partial charge in [-0.25, -0.2) is 14.6 Å². The Kier molecular flexibility index (Phi) is 2.56. The number of fused-ring (bicyclic) bond motifs is 1. The Labute approximate surface area is 107 Å². The lowest BCUT2D eigenvalue weighted by Crippen LogP contribution is -2.00. The quantitative estimate of drug-likeness (QED) is 0.761. The first-order chi connectivity index (χ1) is 9.19. The monoisotopic (exact) mass is 259 g/mol. The van der Waals surface area contributed by atoms with Crippen LogP contribution in [0.1, 0.15) is 16.2 Å². The van der Waals surface area contributed by atoms with Crippen molar-refractivity contribution in [2.45, 2.75) is 0 Å². The first kappa shape index (κ1) is 11.5. The number of hydrogen-bond donors (Lipinski definition) is 0. The van der Waals surface area contributed by atoms with E-state index in [1.54, 1.807) is 24.3 Å². The molecule has 0 saturated heterocycles. The van der Waals surface area contributed by atoms with Crippen LogP contribution in [0.25, 0.3) is 16.7 Å².